The van der Waals surface area contributed by atoms with Gasteiger partial charge in [0.2, 0.25) is 0 Å². The highest BCUT2D eigenvalue weighted by molar-refractivity contribution is 4.91. The maximum atomic E-state index is 5.89. The normalized spacial score (nSPS) is 18.1. The highest BCUT2D eigenvalue weighted by Crippen LogP contribution is 2.30. The zero-order chi connectivity index (χ0) is 12.9. The summed E-state index contributed by atoms with van der Waals surface area (Å²) in [5, 5.41) is 0. The summed E-state index contributed by atoms with van der Waals surface area (Å²) in [5.74, 6) is 4.25. The third kappa shape index (κ3) is 6.71. The monoisotopic (exact) mass is 236 g/mol. The number of hydrogen-bond acceptors (Lipinski definition) is 2. The second-order valence-corrected chi connectivity index (χ2v) is 6.71. The zero-order valence-corrected chi connectivity index (χ0v) is 11.7. The topological polar surface area (TPSA) is 29.3 Å². The van der Waals surface area contributed by atoms with Crippen LogP contribution in [0.2, 0.25) is 0 Å². The van der Waals surface area contributed by atoms with Crippen molar-refractivity contribution in [2.75, 3.05) is 26.2 Å². The first-order chi connectivity index (χ1) is 7.94. The molecule has 0 saturated heterocycles. The Morgan fingerprint density at radius 2 is 2.06 bits per heavy atom. The summed E-state index contributed by atoms with van der Waals surface area (Å²) in [6.45, 7) is 10.6. The van der Waals surface area contributed by atoms with Crippen molar-refractivity contribution in [3.05, 3.63) is 0 Å². The van der Waals surface area contributed by atoms with Gasteiger partial charge in [-0.25, -0.2) is 0 Å². The van der Waals surface area contributed by atoms with Crippen LogP contribution in [0, 0.1) is 29.6 Å². The van der Waals surface area contributed by atoms with Gasteiger partial charge in [0.05, 0.1) is 6.54 Å². The van der Waals surface area contributed by atoms with E-state index in [1.165, 1.54) is 25.8 Å². The molecule has 17 heavy (non-hydrogen) atoms. The molecule has 1 saturated carbocycles. The minimum Gasteiger partial charge on any atom is -0.330 e. The van der Waals surface area contributed by atoms with E-state index >= 15 is 0 Å². The Morgan fingerprint density at radius 3 is 2.47 bits per heavy atom. The summed E-state index contributed by atoms with van der Waals surface area (Å²) < 4.78 is 0. The van der Waals surface area contributed by atoms with Gasteiger partial charge < -0.3 is 5.73 Å². The van der Waals surface area contributed by atoms with Crippen LogP contribution < -0.4 is 5.73 Å². The highest BCUT2D eigenvalue weighted by atomic mass is 15.1. The molecule has 1 aliphatic rings. The molecule has 0 aromatic rings. The first-order valence-corrected chi connectivity index (χ1v) is 6.80. The van der Waals surface area contributed by atoms with Crippen molar-refractivity contribution in [2.24, 2.45) is 23.0 Å². The SMILES string of the molecule is C#CCN(CC1CC1)CC(CN)CC(C)(C)C. The minimum atomic E-state index is 0.353. The lowest BCUT2D eigenvalue weighted by Gasteiger charge is -2.30. The molecule has 1 rings (SSSR count). The highest BCUT2D eigenvalue weighted by Gasteiger charge is 2.26. The molecule has 1 atom stereocenters. The molecule has 0 bridgehead atoms. The van der Waals surface area contributed by atoms with Gasteiger partial charge in [-0.15, -0.1) is 6.42 Å². The number of nitrogens with zero attached hydrogens (tertiary/aromatic N) is 1. The van der Waals surface area contributed by atoms with Gasteiger partial charge in [-0.3, -0.25) is 4.90 Å². The number of rotatable bonds is 7. The number of terminal acetylenes is 1. The molecule has 2 nitrogen and oxygen atoms in total. The predicted octanol–water partition coefficient (Wildman–Crippen LogP) is 2.34. The van der Waals surface area contributed by atoms with Crippen LogP contribution in [0.25, 0.3) is 0 Å². The molecule has 0 spiro atoms. The van der Waals surface area contributed by atoms with Crippen LogP contribution in [0.4, 0.5) is 0 Å². The molecule has 0 aromatic heterocycles. The summed E-state index contributed by atoms with van der Waals surface area (Å²) in [6.07, 6.45) is 9.39. The lowest BCUT2D eigenvalue weighted by Crippen LogP contribution is -2.36. The molecule has 0 heterocycles. The van der Waals surface area contributed by atoms with Crippen molar-refractivity contribution in [3.8, 4) is 12.3 Å². The lowest BCUT2D eigenvalue weighted by molar-refractivity contribution is 0.204. The first-order valence-electron chi connectivity index (χ1n) is 6.80. The molecule has 0 aliphatic heterocycles. The van der Waals surface area contributed by atoms with Crippen molar-refractivity contribution in [1.82, 2.24) is 4.90 Å². The molecule has 1 fully saturated rings. The third-order valence-electron chi connectivity index (χ3n) is 3.28. The van der Waals surface area contributed by atoms with E-state index in [0.717, 1.165) is 25.6 Å². The van der Waals surface area contributed by atoms with Crippen molar-refractivity contribution in [1.29, 1.82) is 0 Å². The smallest absolute Gasteiger partial charge is 0.0599 e. The van der Waals surface area contributed by atoms with E-state index in [4.69, 9.17) is 12.2 Å². The molecule has 1 unspecified atom stereocenters. The molecule has 2 heteroatoms. The van der Waals surface area contributed by atoms with Crippen molar-refractivity contribution >= 4 is 0 Å². The quantitative estimate of drug-likeness (QED) is 0.688. The first kappa shape index (κ1) is 14.5. The summed E-state index contributed by atoms with van der Waals surface area (Å²) in [7, 11) is 0. The molecular weight excluding hydrogens is 208 g/mol. The zero-order valence-electron chi connectivity index (χ0n) is 11.7. The van der Waals surface area contributed by atoms with Gasteiger partial charge in [0, 0.05) is 13.1 Å². The Bertz CT molecular complexity index is 255. The van der Waals surface area contributed by atoms with Gasteiger partial charge in [-0.05, 0) is 43.1 Å². The fraction of sp³-hybridized carbons (Fsp3) is 0.867. The molecule has 1 aliphatic carbocycles. The van der Waals surface area contributed by atoms with Gasteiger partial charge in [0.25, 0.3) is 0 Å². The van der Waals surface area contributed by atoms with Crippen LogP contribution in [0.1, 0.15) is 40.0 Å². The maximum absolute atomic E-state index is 5.89. The minimum absolute atomic E-state index is 0.353. The maximum Gasteiger partial charge on any atom is 0.0599 e. The second-order valence-electron chi connectivity index (χ2n) is 6.71. The van der Waals surface area contributed by atoms with Crippen LogP contribution in [0.3, 0.4) is 0 Å². The van der Waals surface area contributed by atoms with Crippen LogP contribution in [0.15, 0.2) is 0 Å². The van der Waals surface area contributed by atoms with E-state index in [-0.39, 0.29) is 0 Å². The Hall–Kier alpha value is -0.520. The Morgan fingerprint density at radius 1 is 1.41 bits per heavy atom. The van der Waals surface area contributed by atoms with Gasteiger partial charge in [-0.1, -0.05) is 26.7 Å². The fourth-order valence-electron chi connectivity index (χ4n) is 2.45. The average Bonchev–Trinajstić information content (AvgIpc) is 2.99. The number of hydrogen-bond donors (Lipinski definition) is 1. The molecule has 2 N–H and O–H groups in total. The lowest BCUT2D eigenvalue weighted by atomic mass is 9.84. The van der Waals surface area contributed by atoms with Crippen LogP contribution in [-0.4, -0.2) is 31.1 Å². The summed E-state index contributed by atoms with van der Waals surface area (Å²) >= 11 is 0. The van der Waals surface area contributed by atoms with Gasteiger partial charge >= 0.3 is 0 Å². The van der Waals surface area contributed by atoms with E-state index in [2.05, 4.69) is 31.6 Å². The Kier molecular flexibility index (Phi) is 5.49. The standard InChI is InChI=1S/C15H28N2/c1-5-8-17(11-13-6-7-13)12-14(10-16)9-15(2,3)4/h1,13-14H,6-12,16H2,2-4H3. The van der Waals surface area contributed by atoms with E-state index in [1.807, 2.05) is 0 Å². The molecule has 98 valence electrons. The van der Waals surface area contributed by atoms with E-state index < -0.39 is 0 Å². The summed E-state index contributed by atoms with van der Waals surface area (Å²) in [6, 6.07) is 0. The third-order valence-corrected chi connectivity index (χ3v) is 3.28. The van der Waals surface area contributed by atoms with Crippen LogP contribution in [0.5, 0.6) is 0 Å². The van der Waals surface area contributed by atoms with E-state index in [1.54, 1.807) is 0 Å². The average molecular weight is 236 g/mol. The van der Waals surface area contributed by atoms with E-state index in [9.17, 15) is 0 Å². The molecule has 0 radical (unpaired) electrons. The molecule has 0 aromatic carbocycles. The molecular formula is C15H28N2. The predicted molar refractivity (Wildman–Crippen MR) is 74.6 cm³/mol. The van der Waals surface area contributed by atoms with Crippen molar-refractivity contribution < 1.29 is 0 Å². The summed E-state index contributed by atoms with van der Waals surface area (Å²) in [5.41, 5.74) is 6.25. The number of nitrogens with two attached hydrogens (primary N) is 1. The van der Waals surface area contributed by atoms with Crippen LogP contribution >= 0.6 is 0 Å². The van der Waals surface area contributed by atoms with Crippen LogP contribution in [-0.2, 0) is 0 Å². The van der Waals surface area contributed by atoms with E-state index in [0.29, 0.717) is 11.3 Å². The van der Waals surface area contributed by atoms with Gasteiger partial charge in [0.1, 0.15) is 0 Å². The van der Waals surface area contributed by atoms with Crippen molar-refractivity contribution in [2.45, 2.75) is 40.0 Å². The van der Waals surface area contributed by atoms with Crippen molar-refractivity contribution in [3.63, 3.8) is 0 Å². The molecule has 0 amide bonds. The fourth-order valence-corrected chi connectivity index (χ4v) is 2.45. The van der Waals surface area contributed by atoms with Gasteiger partial charge in [-0.2, -0.15) is 0 Å². The largest absolute Gasteiger partial charge is 0.330 e. The Balaban J connectivity index is 2.41. The second kappa shape index (κ2) is 6.42. The Labute approximate surface area is 107 Å². The van der Waals surface area contributed by atoms with Gasteiger partial charge in [0.15, 0.2) is 0 Å². The summed E-state index contributed by atoms with van der Waals surface area (Å²) in [4.78, 5) is 2.42.